The molecule has 0 amide bonds. The van der Waals surface area contributed by atoms with E-state index in [9.17, 15) is 5.11 Å². The molecule has 0 fully saturated rings. The van der Waals surface area contributed by atoms with Gasteiger partial charge < -0.3 is 5.11 Å². The normalized spacial score (nSPS) is 12.6. The van der Waals surface area contributed by atoms with Gasteiger partial charge in [-0.1, -0.05) is 115 Å². The molecule has 0 aliphatic heterocycles. The highest BCUT2D eigenvalue weighted by atomic mass is 16.3. The summed E-state index contributed by atoms with van der Waals surface area (Å²) in [7, 11) is 0. The van der Waals surface area contributed by atoms with Crippen LogP contribution in [0.4, 0.5) is 0 Å². The van der Waals surface area contributed by atoms with E-state index < -0.39 is 0 Å². The molecule has 0 aliphatic rings. The van der Waals surface area contributed by atoms with Gasteiger partial charge in [-0.15, -0.1) is 0 Å². The van der Waals surface area contributed by atoms with Gasteiger partial charge in [-0.3, -0.25) is 0 Å². The number of hydrogen-bond acceptors (Lipinski definition) is 1. The van der Waals surface area contributed by atoms with Crippen LogP contribution < -0.4 is 0 Å². The zero-order valence-electron chi connectivity index (χ0n) is 20.0. The van der Waals surface area contributed by atoms with Crippen molar-refractivity contribution in [1.82, 2.24) is 0 Å². The van der Waals surface area contributed by atoms with Crippen molar-refractivity contribution < 1.29 is 5.11 Å². The Morgan fingerprint density at radius 2 is 0.853 bits per heavy atom. The highest BCUT2D eigenvalue weighted by molar-refractivity contribution is 5.98. The van der Waals surface area contributed by atoms with E-state index in [1.807, 2.05) is 54.6 Å². The number of phenols is 1. The highest BCUT2D eigenvalue weighted by Gasteiger charge is 2.17. The molecule has 0 atom stereocenters. The van der Waals surface area contributed by atoms with Crippen molar-refractivity contribution >= 4 is 34.9 Å². The largest absolute Gasteiger partial charge is 0.507 e. The molecule has 0 saturated carbocycles. The molecule has 1 N–H and O–H groups in total. The molecule has 0 radical (unpaired) electrons. The summed E-state index contributed by atoms with van der Waals surface area (Å²) in [5.41, 5.74) is 9.71. The van der Waals surface area contributed by atoms with Gasteiger partial charge >= 0.3 is 0 Å². The lowest BCUT2D eigenvalue weighted by Crippen LogP contribution is -1.98. The summed E-state index contributed by atoms with van der Waals surface area (Å²) >= 11 is 0. The zero-order valence-corrected chi connectivity index (χ0v) is 20.0. The van der Waals surface area contributed by atoms with Crippen LogP contribution in [0.3, 0.4) is 0 Å². The summed E-state index contributed by atoms with van der Waals surface area (Å²) in [6, 6.07) is 34.8. The van der Waals surface area contributed by atoms with Crippen LogP contribution >= 0.6 is 0 Å². The summed E-state index contributed by atoms with van der Waals surface area (Å²) in [6.07, 6.45) is 6.52. The predicted octanol–water partition coefficient (Wildman–Crippen LogP) is 9.07. The second-order valence-electron chi connectivity index (χ2n) is 8.60. The first kappa shape index (κ1) is 23.1. The standard InChI is InChI=1S/C33H30O/c1-24(21-27-13-7-4-8-14-27)30-19-20-31(34)33(26(3)23-29-17-11-6-12-18-29)32(30)25(2)22-28-15-9-5-10-16-28/h4-23,34H,1-3H3. The number of rotatable bonds is 6. The fraction of sp³-hybridized carbons (Fsp3) is 0.0909. The van der Waals surface area contributed by atoms with Crippen LogP contribution in [0.25, 0.3) is 34.9 Å². The van der Waals surface area contributed by atoms with E-state index in [4.69, 9.17) is 0 Å². The Balaban J connectivity index is 1.93. The van der Waals surface area contributed by atoms with Crippen LogP contribution in [0.2, 0.25) is 0 Å². The third-order valence-corrected chi connectivity index (χ3v) is 5.95. The van der Waals surface area contributed by atoms with Gasteiger partial charge in [0, 0.05) is 5.56 Å². The van der Waals surface area contributed by atoms with Crippen LogP contribution in [0, 0.1) is 0 Å². The highest BCUT2D eigenvalue weighted by Crippen LogP contribution is 2.39. The average molecular weight is 443 g/mol. The van der Waals surface area contributed by atoms with E-state index in [-0.39, 0.29) is 5.75 Å². The summed E-state index contributed by atoms with van der Waals surface area (Å²) in [6.45, 7) is 6.33. The maximum absolute atomic E-state index is 11.1. The second kappa shape index (κ2) is 10.7. The zero-order chi connectivity index (χ0) is 23.9. The molecule has 1 nitrogen and oxygen atoms in total. The Bertz CT molecular complexity index is 1340. The van der Waals surface area contributed by atoms with Crippen molar-refractivity contribution in [2.24, 2.45) is 0 Å². The molecule has 0 bridgehead atoms. The lowest BCUT2D eigenvalue weighted by molar-refractivity contribution is 0.473. The first-order valence-corrected chi connectivity index (χ1v) is 11.6. The Morgan fingerprint density at radius 3 is 1.29 bits per heavy atom. The first-order chi connectivity index (χ1) is 16.5. The Hall–Kier alpha value is -4.10. The maximum Gasteiger partial charge on any atom is 0.123 e. The second-order valence-corrected chi connectivity index (χ2v) is 8.60. The molecule has 0 spiro atoms. The van der Waals surface area contributed by atoms with Crippen LogP contribution in [-0.2, 0) is 0 Å². The van der Waals surface area contributed by atoms with Gasteiger partial charge in [0.25, 0.3) is 0 Å². The Kier molecular flexibility index (Phi) is 7.25. The van der Waals surface area contributed by atoms with Crippen LogP contribution in [0.1, 0.15) is 54.2 Å². The van der Waals surface area contributed by atoms with Crippen molar-refractivity contribution in [2.45, 2.75) is 20.8 Å². The minimum atomic E-state index is 0.289. The molecule has 34 heavy (non-hydrogen) atoms. The van der Waals surface area contributed by atoms with Crippen molar-refractivity contribution in [2.75, 3.05) is 0 Å². The van der Waals surface area contributed by atoms with E-state index in [2.05, 4.69) is 87.5 Å². The molecule has 0 aliphatic carbocycles. The quantitative estimate of drug-likeness (QED) is 0.295. The van der Waals surface area contributed by atoms with E-state index in [1.165, 1.54) is 0 Å². The van der Waals surface area contributed by atoms with Gasteiger partial charge in [-0.2, -0.15) is 0 Å². The maximum atomic E-state index is 11.1. The molecule has 0 aromatic heterocycles. The SMILES string of the molecule is CC(=Cc1ccccc1)c1ccc(O)c(C(C)=Cc2ccccc2)c1C(C)=Cc1ccccc1. The fourth-order valence-corrected chi connectivity index (χ4v) is 4.35. The smallest absolute Gasteiger partial charge is 0.123 e. The lowest BCUT2D eigenvalue weighted by Gasteiger charge is -2.19. The van der Waals surface area contributed by atoms with Crippen LogP contribution in [0.5, 0.6) is 5.75 Å². The predicted molar refractivity (Wildman–Crippen MR) is 148 cm³/mol. The van der Waals surface area contributed by atoms with Crippen LogP contribution in [0.15, 0.2) is 103 Å². The number of hydrogen-bond donors (Lipinski definition) is 1. The minimum absolute atomic E-state index is 0.289. The molecular weight excluding hydrogens is 412 g/mol. The summed E-state index contributed by atoms with van der Waals surface area (Å²) < 4.78 is 0. The topological polar surface area (TPSA) is 20.2 Å². The van der Waals surface area contributed by atoms with Gasteiger partial charge in [0.15, 0.2) is 0 Å². The third-order valence-electron chi connectivity index (χ3n) is 5.95. The fourth-order valence-electron chi connectivity index (χ4n) is 4.35. The van der Waals surface area contributed by atoms with Gasteiger partial charge in [0.1, 0.15) is 5.75 Å². The molecular formula is C33H30O. The van der Waals surface area contributed by atoms with Crippen molar-refractivity contribution in [3.63, 3.8) is 0 Å². The number of benzene rings is 4. The van der Waals surface area contributed by atoms with Gasteiger partial charge in [0.05, 0.1) is 0 Å². The number of aromatic hydroxyl groups is 1. The van der Waals surface area contributed by atoms with E-state index in [1.54, 1.807) is 0 Å². The van der Waals surface area contributed by atoms with Crippen molar-refractivity contribution in [1.29, 1.82) is 0 Å². The monoisotopic (exact) mass is 442 g/mol. The van der Waals surface area contributed by atoms with Crippen molar-refractivity contribution in [3.05, 3.63) is 137 Å². The average Bonchev–Trinajstić information content (AvgIpc) is 2.85. The molecule has 4 aromatic rings. The summed E-state index contributed by atoms with van der Waals surface area (Å²) in [4.78, 5) is 0. The lowest BCUT2D eigenvalue weighted by atomic mass is 9.86. The van der Waals surface area contributed by atoms with Gasteiger partial charge in [0.2, 0.25) is 0 Å². The van der Waals surface area contributed by atoms with Gasteiger partial charge in [-0.05, 0) is 71.4 Å². The minimum Gasteiger partial charge on any atom is -0.507 e. The number of allylic oxidation sites excluding steroid dienone is 3. The molecule has 4 aromatic carbocycles. The van der Waals surface area contributed by atoms with E-state index in [0.29, 0.717) is 0 Å². The molecule has 0 saturated heterocycles. The van der Waals surface area contributed by atoms with E-state index >= 15 is 0 Å². The molecule has 0 heterocycles. The number of phenolic OH excluding ortho intramolecular Hbond substituents is 1. The molecule has 1 heteroatoms. The Morgan fingerprint density at radius 1 is 0.471 bits per heavy atom. The van der Waals surface area contributed by atoms with E-state index in [0.717, 1.165) is 50.1 Å². The first-order valence-electron chi connectivity index (χ1n) is 11.6. The molecule has 168 valence electrons. The summed E-state index contributed by atoms with van der Waals surface area (Å²) in [5.74, 6) is 0.289. The molecule has 0 unspecified atom stereocenters. The van der Waals surface area contributed by atoms with Crippen LogP contribution in [-0.4, -0.2) is 5.11 Å². The third kappa shape index (κ3) is 5.44. The van der Waals surface area contributed by atoms with Gasteiger partial charge in [-0.25, -0.2) is 0 Å². The summed E-state index contributed by atoms with van der Waals surface area (Å²) in [5, 5.41) is 11.1. The molecule has 4 rings (SSSR count). The van der Waals surface area contributed by atoms with Crippen molar-refractivity contribution in [3.8, 4) is 5.75 Å². The Labute approximate surface area is 203 Å².